The SMILES string of the molecule is O=C(c1ccon1)N1CCC(C(O)c2ccccc2)CC1. The molecule has 0 spiro atoms. The molecule has 1 amide bonds. The highest BCUT2D eigenvalue weighted by molar-refractivity contribution is 5.92. The molecule has 21 heavy (non-hydrogen) atoms. The second-order valence-electron chi connectivity index (χ2n) is 5.37. The summed E-state index contributed by atoms with van der Waals surface area (Å²) < 4.78 is 4.71. The molecule has 2 aromatic rings. The highest BCUT2D eigenvalue weighted by Crippen LogP contribution is 2.30. The van der Waals surface area contributed by atoms with E-state index in [0.29, 0.717) is 18.8 Å². The maximum Gasteiger partial charge on any atom is 0.276 e. The number of aliphatic hydroxyl groups is 1. The number of carbonyl (C=O) groups excluding carboxylic acids is 1. The summed E-state index contributed by atoms with van der Waals surface area (Å²) in [6.45, 7) is 1.28. The van der Waals surface area contributed by atoms with Gasteiger partial charge in [-0.05, 0) is 24.3 Å². The van der Waals surface area contributed by atoms with Gasteiger partial charge in [-0.1, -0.05) is 35.5 Å². The molecule has 1 aliphatic heterocycles. The molecule has 3 rings (SSSR count). The van der Waals surface area contributed by atoms with Crippen LogP contribution in [0.5, 0.6) is 0 Å². The Kier molecular flexibility index (Phi) is 4.01. The molecule has 1 aromatic heterocycles. The largest absolute Gasteiger partial charge is 0.388 e. The molecule has 1 aliphatic rings. The van der Waals surface area contributed by atoms with E-state index in [1.807, 2.05) is 30.3 Å². The molecule has 1 unspecified atom stereocenters. The number of carbonyl (C=O) groups is 1. The summed E-state index contributed by atoms with van der Waals surface area (Å²) in [6.07, 6.45) is 2.52. The number of hydrogen-bond donors (Lipinski definition) is 1. The number of aromatic nitrogens is 1. The number of benzene rings is 1. The van der Waals surface area contributed by atoms with Crippen LogP contribution in [0.25, 0.3) is 0 Å². The Morgan fingerprint density at radius 1 is 1.24 bits per heavy atom. The Morgan fingerprint density at radius 2 is 1.95 bits per heavy atom. The van der Waals surface area contributed by atoms with Gasteiger partial charge < -0.3 is 14.5 Å². The number of likely N-dealkylation sites (tertiary alicyclic amines) is 1. The Morgan fingerprint density at radius 3 is 2.57 bits per heavy atom. The van der Waals surface area contributed by atoms with Gasteiger partial charge in [-0.15, -0.1) is 0 Å². The van der Waals surface area contributed by atoms with Crippen LogP contribution in [0.4, 0.5) is 0 Å². The van der Waals surface area contributed by atoms with Crippen LogP contribution in [0.2, 0.25) is 0 Å². The van der Waals surface area contributed by atoms with Crippen LogP contribution < -0.4 is 0 Å². The first-order valence-corrected chi connectivity index (χ1v) is 7.18. The molecule has 1 saturated heterocycles. The summed E-state index contributed by atoms with van der Waals surface area (Å²) in [4.78, 5) is 13.9. The van der Waals surface area contributed by atoms with E-state index in [4.69, 9.17) is 4.52 Å². The van der Waals surface area contributed by atoms with Gasteiger partial charge in [0.1, 0.15) is 6.26 Å². The molecular weight excluding hydrogens is 268 g/mol. The Balaban J connectivity index is 1.59. The van der Waals surface area contributed by atoms with Gasteiger partial charge in [-0.25, -0.2) is 0 Å². The van der Waals surface area contributed by atoms with Gasteiger partial charge in [-0.3, -0.25) is 4.79 Å². The van der Waals surface area contributed by atoms with E-state index in [1.165, 1.54) is 6.26 Å². The Labute approximate surface area is 123 Å². The van der Waals surface area contributed by atoms with Crippen molar-refractivity contribution in [2.75, 3.05) is 13.1 Å². The van der Waals surface area contributed by atoms with Crippen LogP contribution in [-0.4, -0.2) is 34.2 Å². The highest BCUT2D eigenvalue weighted by atomic mass is 16.5. The van der Waals surface area contributed by atoms with Crippen molar-refractivity contribution in [3.63, 3.8) is 0 Å². The van der Waals surface area contributed by atoms with Crippen molar-refractivity contribution in [1.82, 2.24) is 10.1 Å². The Bertz CT molecular complexity index is 575. The number of nitrogens with zero attached hydrogens (tertiary/aromatic N) is 2. The summed E-state index contributed by atoms with van der Waals surface area (Å²) in [6, 6.07) is 11.3. The molecule has 5 nitrogen and oxygen atoms in total. The molecule has 0 bridgehead atoms. The third-order valence-electron chi connectivity index (χ3n) is 4.07. The minimum Gasteiger partial charge on any atom is -0.388 e. The third-order valence-corrected chi connectivity index (χ3v) is 4.07. The number of aliphatic hydroxyl groups excluding tert-OH is 1. The first-order chi connectivity index (χ1) is 10.3. The van der Waals surface area contributed by atoms with Gasteiger partial charge >= 0.3 is 0 Å². The van der Waals surface area contributed by atoms with Crippen molar-refractivity contribution in [3.05, 3.63) is 53.9 Å². The molecule has 0 radical (unpaired) electrons. The molecule has 0 aliphatic carbocycles. The van der Waals surface area contributed by atoms with Gasteiger partial charge in [0.25, 0.3) is 5.91 Å². The Hall–Kier alpha value is -2.14. The van der Waals surface area contributed by atoms with E-state index >= 15 is 0 Å². The topological polar surface area (TPSA) is 66.6 Å². The smallest absolute Gasteiger partial charge is 0.276 e. The maximum atomic E-state index is 12.1. The lowest BCUT2D eigenvalue weighted by molar-refractivity contribution is 0.0456. The van der Waals surface area contributed by atoms with Crippen LogP contribution in [0.15, 0.2) is 47.2 Å². The van der Waals surface area contributed by atoms with Crippen LogP contribution in [-0.2, 0) is 0 Å². The lowest BCUT2D eigenvalue weighted by atomic mass is 9.87. The summed E-state index contributed by atoms with van der Waals surface area (Å²) in [5.41, 5.74) is 1.29. The van der Waals surface area contributed by atoms with E-state index in [1.54, 1.807) is 11.0 Å². The van der Waals surface area contributed by atoms with E-state index in [2.05, 4.69) is 5.16 Å². The van der Waals surface area contributed by atoms with Crippen molar-refractivity contribution in [2.45, 2.75) is 18.9 Å². The van der Waals surface area contributed by atoms with Gasteiger partial charge in [0.05, 0.1) is 6.10 Å². The molecule has 1 fully saturated rings. The highest BCUT2D eigenvalue weighted by Gasteiger charge is 2.29. The molecule has 1 aromatic carbocycles. The first kappa shape index (κ1) is 13.8. The zero-order chi connectivity index (χ0) is 14.7. The minimum absolute atomic E-state index is 0.101. The van der Waals surface area contributed by atoms with Gasteiger partial charge in [0.2, 0.25) is 0 Å². The monoisotopic (exact) mass is 286 g/mol. The summed E-state index contributed by atoms with van der Waals surface area (Å²) in [5, 5.41) is 14.1. The molecule has 110 valence electrons. The second kappa shape index (κ2) is 6.10. The zero-order valence-corrected chi connectivity index (χ0v) is 11.7. The molecule has 2 heterocycles. The molecule has 5 heteroatoms. The van der Waals surface area contributed by atoms with Crippen LogP contribution in [0, 0.1) is 5.92 Å². The molecule has 1 N–H and O–H groups in total. The van der Waals surface area contributed by atoms with Crippen LogP contribution in [0.1, 0.15) is 35.0 Å². The van der Waals surface area contributed by atoms with E-state index in [0.717, 1.165) is 18.4 Å². The fourth-order valence-corrected chi connectivity index (χ4v) is 2.83. The van der Waals surface area contributed by atoms with Gasteiger partial charge in [-0.2, -0.15) is 0 Å². The summed E-state index contributed by atoms with van der Waals surface area (Å²) >= 11 is 0. The fourth-order valence-electron chi connectivity index (χ4n) is 2.83. The summed E-state index contributed by atoms with van der Waals surface area (Å²) in [5.74, 6) is 0.0881. The zero-order valence-electron chi connectivity index (χ0n) is 11.7. The average molecular weight is 286 g/mol. The normalized spacial score (nSPS) is 17.7. The predicted octanol–water partition coefficient (Wildman–Crippen LogP) is 2.26. The first-order valence-electron chi connectivity index (χ1n) is 7.18. The van der Waals surface area contributed by atoms with Crippen molar-refractivity contribution < 1.29 is 14.4 Å². The van der Waals surface area contributed by atoms with Crippen LogP contribution >= 0.6 is 0 Å². The van der Waals surface area contributed by atoms with Crippen molar-refractivity contribution in [3.8, 4) is 0 Å². The van der Waals surface area contributed by atoms with E-state index in [-0.39, 0.29) is 11.8 Å². The fraction of sp³-hybridized carbons (Fsp3) is 0.375. The third kappa shape index (κ3) is 2.97. The standard InChI is InChI=1S/C16H18N2O3/c19-15(12-4-2-1-3-5-12)13-6-9-18(10-7-13)16(20)14-8-11-21-17-14/h1-5,8,11,13,15,19H,6-7,9-10H2. The molecule has 1 atom stereocenters. The minimum atomic E-state index is -0.462. The number of amides is 1. The van der Waals surface area contributed by atoms with Crippen LogP contribution in [0.3, 0.4) is 0 Å². The number of hydrogen-bond acceptors (Lipinski definition) is 4. The van der Waals surface area contributed by atoms with Crippen molar-refractivity contribution >= 4 is 5.91 Å². The van der Waals surface area contributed by atoms with Gasteiger partial charge in [0, 0.05) is 19.2 Å². The lowest BCUT2D eigenvalue weighted by Gasteiger charge is -2.34. The van der Waals surface area contributed by atoms with Crippen molar-refractivity contribution in [2.24, 2.45) is 5.92 Å². The number of rotatable bonds is 3. The average Bonchev–Trinajstić information content (AvgIpc) is 3.09. The summed E-state index contributed by atoms with van der Waals surface area (Å²) in [7, 11) is 0. The lowest BCUT2D eigenvalue weighted by Crippen LogP contribution is -2.39. The quantitative estimate of drug-likeness (QED) is 0.940. The van der Waals surface area contributed by atoms with E-state index in [9.17, 15) is 9.90 Å². The molecule has 0 saturated carbocycles. The van der Waals surface area contributed by atoms with Gasteiger partial charge in [0.15, 0.2) is 5.69 Å². The second-order valence-corrected chi connectivity index (χ2v) is 5.37. The number of piperidine rings is 1. The molecular formula is C16H18N2O3. The maximum absolute atomic E-state index is 12.1. The predicted molar refractivity (Wildman–Crippen MR) is 76.5 cm³/mol. The van der Waals surface area contributed by atoms with E-state index < -0.39 is 6.10 Å². The van der Waals surface area contributed by atoms with Crippen molar-refractivity contribution in [1.29, 1.82) is 0 Å².